The Morgan fingerprint density at radius 2 is 2.33 bits per heavy atom. The summed E-state index contributed by atoms with van der Waals surface area (Å²) in [5.41, 5.74) is 2.62. The summed E-state index contributed by atoms with van der Waals surface area (Å²) in [6, 6.07) is 6.28. The molecule has 0 fully saturated rings. The molecule has 0 saturated carbocycles. The molecule has 1 aromatic carbocycles. The first-order valence-electron chi connectivity index (χ1n) is 5.46. The average molecular weight is 226 g/mol. The first-order valence-corrected chi connectivity index (χ1v) is 5.99. The third-order valence-corrected chi connectivity index (χ3v) is 2.83. The van der Waals surface area contributed by atoms with Gasteiger partial charge in [0.15, 0.2) is 0 Å². The van der Waals surface area contributed by atoms with Gasteiger partial charge in [0, 0.05) is 24.2 Å². The molecule has 0 aliphatic carbocycles. The number of fused-ring (bicyclic) bond motifs is 1. The minimum absolute atomic E-state index is 0.656. The largest absolute Gasteiger partial charge is 0.493 e. The summed E-state index contributed by atoms with van der Waals surface area (Å²) in [5, 5.41) is 3.39. The fourth-order valence-corrected chi connectivity index (χ4v) is 1.88. The van der Waals surface area contributed by atoms with Crippen LogP contribution in [0.15, 0.2) is 18.2 Å². The minimum atomic E-state index is 0.656. The molecule has 0 spiro atoms. The molecule has 0 unspecified atom stereocenters. The van der Waals surface area contributed by atoms with Crippen LogP contribution in [0, 0.1) is 0 Å². The lowest BCUT2D eigenvalue weighted by Crippen LogP contribution is -2.11. The smallest absolute Gasteiger partial charge is 0.121 e. The molecule has 1 aliphatic rings. The van der Waals surface area contributed by atoms with Crippen LogP contribution in [0.25, 0.3) is 0 Å². The number of alkyl halides is 1. The van der Waals surface area contributed by atoms with E-state index in [0.29, 0.717) is 12.5 Å². The predicted octanol–water partition coefficient (Wildman–Crippen LogP) is 3.05. The number of aryl methyl sites for hydroxylation is 1. The maximum atomic E-state index is 5.59. The van der Waals surface area contributed by atoms with Crippen molar-refractivity contribution in [2.75, 3.05) is 24.3 Å². The zero-order valence-electron chi connectivity index (χ0n) is 8.76. The second-order valence-corrected chi connectivity index (χ2v) is 4.12. The quantitative estimate of drug-likeness (QED) is 0.628. The van der Waals surface area contributed by atoms with Gasteiger partial charge < -0.3 is 10.1 Å². The van der Waals surface area contributed by atoms with E-state index in [1.54, 1.807) is 0 Å². The highest BCUT2D eigenvalue weighted by atomic mass is 35.5. The number of hydrogen-bond donors (Lipinski definition) is 1. The van der Waals surface area contributed by atoms with Crippen molar-refractivity contribution in [3.8, 4) is 5.75 Å². The van der Waals surface area contributed by atoms with Crippen molar-refractivity contribution in [1.29, 1.82) is 0 Å². The van der Waals surface area contributed by atoms with E-state index in [4.69, 9.17) is 16.3 Å². The van der Waals surface area contributed by atoms with E-state index in [2.05, 4.69) is 17.4 Å². The van der Waals surface area contributed by atoms with Crippen molar-refractivity contribution in [3.63, 3.8) is 0 Å². The molecule has 3 heteroatoms. The van der Waals surface area contributed by atoms with E-state index in [9.17, 15) is 0 Å². The number of nitrogens with one attached hydrogen (secondary N) is 1. The maximum absolute atomic E-state index is 5.59. The number of rotatable bonds is 4. The van der Waals surface area contributed by atoms with Crippen LogP contribution in [0.2, 0.25) is 0 Å². The van der Waals surface area contributed by atoms with E-state index >= 15 is 0 Å². The number of benzene rings is 1. The van der Waals surface area contributed by atoms with Gasteiger partial charge >= 0.3 is 0 Å². The minimum Gasteiger partial charge on any atom is -0.493 e. The van der Waals surface area contributed by atoms with Crippen LogP contribution in [-0.2, 0) is 6.42 Å². The van der Waals surface area contributed by atoms with Gasteiger partial charge in [-0.1, -0.05) is 6.07 Å². The zero-order valence-corrected chi connectivity index (χ0v) is 9.52. The summed E-state index contributed by atoms with van der Waals surface area (Å²) >= 11 is 5.59. The van der Waals surface area contributed by atoms with Crippen molar-refractivity contribution in [1.82, 2.24) is 0 Å². The highest BCUT2D eigenvalue weighted by Crippen LogP contribution is 2.26. The van der Waals surface area contributed by atoms with Crippen LogP contribution >= 0.6 is 11.6 Å². The van der Waals surface area contributed by atoms with Gasteiger partial charge in [-0.05, 0) is 30.9 Å². The Morgan fingerprint density at radius 3 is 3.20 bits per heavy atom. The second-order valence-electron chi connectivity index (χ2n) is 3.74. The van der Waals surface area contributed by atoms with Crippen molar-refractivity contribution < 1.29 is 4.74 Å². The monoisotopic (exact) mass is 225 g/mol. The molecule has 1 aromatic rings. The Labute approximate surface area is 95.6 Å². The van der Waals surface area contributed by atoms with Crippen LogP contribution in [-0.4, -0.2) is 19.0 Å². The molecular formula is C12H16ClNO. The van der Waals surface area contributed by atoms with Crippen molar-refractivity contribution in [2.24, 2.45) is 0 Å². The molecule has 0 saturated heterocycles. The van der Waals surface area contributed by atoms with Gasteiger partial charge in [0.05, 0.1) is 6.61 Å². The first-order chi connectivity index (χ1) is 7.40. The number of halogens is 1. The molecule has 0 bridgehead atoms. The van der Waals surface area contributed by atoms with Crippen molar-refractivity contribution in [2.45, 2.75) is 19.3 Å². The fraction of sp³-hybridized carbons (Fsp3) is 0.500. The molecule has 0 amide bonds. The first kappa shape index (κ1) is 10.6. The molecule has 0 radical (unpaired) electrons. The van der Waals surface area contributed by atoms with Crippen LogP contribution < -0.4 is 10.1 Å². The second kappa shape index (κ2) is 5.26. The average Bonchev–Trinajstić information content (AvgIpc) is 2.29. The summed E-state index contributed by atoms with van der Waals surface area (Å²) < 4.78 is 5.59. The van der Waals surface area contributed by atoms with E-state index in [0.717, 1.165) is 18.7 Å². The van der Waals surface area contributed by atoms with Gasteiger partial charge in [-0.2, -0.15) is 0 Å². The summed E-state index contributed by atoms with van der Waals surface area (Å²) in [5.74, 6) is 1.59. The molecule has 2 nitrogen and oxygen atoms in total. The number of ether oxygens (including phenoxy) is 1. The summed E-state index contributed by atoms with van der Waals surface area (Å²) in [6.45, 7) is 1.76. The van der Waals surface area contributed by atoms with Gasteiger partial charge in [-0.3, -0.25) is 0 Å². The molecule has 1 heterocycles. The van der Waals surface area contributed by atoms with Gasteiger partial charge in [0.25, 0.3) is 0 Å². The Kier molecular flexibility index (Phi) is 3.73. The summed E-state index contributed by atoms with van der Waals surface area (Å²) in [4.78, 5) is 0. The lowest BCUT2D eigenvalue weighted by Gasteiger charge is -2.18. The summed E-state index contributed by atoms with van der Waals surface area (Å²) in [6.07, 6.45) is 3.29. The van der Waals surface area contributed by atoms with Gasteiger partial charge in [0.2, 0.25) is 0 Å². The van der Waals surface area contributed by atoms with Crippen LogP contribution in [0.3, 0.4) is 0 Å². The SMILES string of the molecule is ClCCCOc1ccc2c(c1)NCCC2. The third kappa shape index (κ3) is 2.78. The number of anilines is 1. The van der Waals surface area contributed by atoms with Gasteiger partial charge in [0.1, 0.15) is 5.75 Å². The Balaban J connectivity index is 2.00. The molecule has 1 N–H and O–H groups in total. The molecular weight excluding hydrogens is 210 g/mol. The van der Waals surface area contributed by atoms with Crippen molar-refractivity contribution in [3.05, 3.63) is 23.8 Å². The van der Waals surface area contributed by atoms with Crippen molar-refractivity contribution >= 4 is 17.3 Å². The zero-order chi connectivity index (χ0) is 10.5. The fourth-order valence-electron chi connectivity index (χ4n) is 1.77. The lowest BCUT2D eigenvalue weighted by atomic mass is 10.0. The highest BCUT2D eigenvalue weighted by molar-refractivity contribution is 6.17. The Morgan fingerprint density at radius 1 is 1.40 bits per heavy atom. The van der Waals surface area contributed by atoms with E-state index in [-0.39, 0.29) is 0 Å². The molecule has 1 aliphatic heterocycles. The molecule has 0 aromatic heterocycles. The van der Waals surface area contributed by atoms with E-state index < -0.39 is 0 Å². The van der Waals surface area contributed by atoms with Crippen LogP contribution in [0.1, 0.15) is 18.4 Å². The Hall–Kier alpha value is -0.890. The van der Waals surface area contributed by atoms with Gasteiger partial charge in [-0.15, -0.1) is 11.6 Å². The number of hydrogen-bond acceptors (Lipinski definition) is 2. The normalized spacial score (nSPS) is 14.2. The lowest BCUT2D eigenvalue weighted by molar-refractivity contribution is 0.318. The standard InChI is InChI=1S/C12H16ClNO/c13-6-2-8-15-11-5-4-10-3-1-7-14-12(10)9-11/h4-5,9,14H,1-3,6-8H2. The molecule has 0 atom stereocenters. The molecule has 82 valence electrons. The van der Waals surface area contributed by atoms with Crippen LogP contribution in [0.5, 0.6) is 5.75 Å². The Bertz CT molecular complexity index is 327. The third-order valence-electron chi connectivity index (χ3n) is 2.57. The maximum Gasteiger partial charge on any atom is 0.121 e. The molecule has 15 heavy (non-hydrogen) atoms. The van der Waals surface area contributed by atoms with Gasteiger partial charge in [-0.25, -0.2) is 0 Å². The van der Waals surface area contributed by atoms with E-state index in [1.165, 1.54) is 24.1 Å². The molecule has 2 rings (SSSR count). The van der Waals surface area contributed by atoms with Crippen LogP contribution in [0.4, 0.5) is 5.69 Å². The summed E-state index contributed by atoms with van der Waals surface area (Å²) in [7, 11) is 0. The topological polar surface area (TPSA) is 21.3 Å². The highest BCUT2D eigenvalue weighted by Gasteiger charge is 2.08. The predicted molar refractivity (Wildman–Crippen MR) is 64.1 cm³/mol. The van der Waals surface area contributed by atoms with E-state index in [1.807, 2.05) is 6.07 Å².